The number of aromatic nitrogens is 3. The van der Waals surface area contributed by atoms with E-state index in [4.69, 9.17) is 0 Å². The number of fused-ring (bicyclic) bond motifs is 2. The highest BCUT2D eigenvalue weighted by molar-refractivity contribution is 6.17. The van der Waals surface area contributed by atoms with Crippen molar-refractivity contribution in [2.24, 2.45) is 0 Å². The van der Waals surface area contributed by atoms with Gasteiger partial charge in [0.2, 0.25) is 0 Å². The molecule has 0 radical (unpaired) electrons. The number of benzene rings is 3. The van der Waals surface area contributed by atoms with Crippen LogP contribution in [0.2, 0.25) is 0 Å². The largest absolute Gasteiger partial charge is 0.478 e. The number of nitrogens with one attached hydrogen (secondary N) is 1. The smallest absolute Gasteiger partial charge is 0.335 e. The van der Waals surface area contributed by atoms with E-state index in [1.54, 1.807) is 35.0 Å². The molecule has 0 spiro atoms. The van der Waals surface area contributed by atoms with Crippen molar-refractivity contribution < 1.29 is 19.5 Å². The minimum atomic E-state index is -1.02. The Morgan fingerprint density at radius 3 is 2.29 bits per heavy atom. The van der Waals surface area contributed by atoms with Gasteiger partial charge in [0.05, 0.1) is 40.0 Å². The predicted molar refractivity (Wildman–Crippen MR) is 155 cm³/mol. The summed E-state index contributed by atoms with van der Waals surface area (Å²) >= 11 is 0. The Morgan fingerprint density at radius 1 is 0.805 bits per heavy atom. The lowest BCUT2D eigenvalue weighted by Crippen LogP contribution is -2.27. The average molecular weight is 541 g/mol. The molecule has 2 N–H and O–H groups in total. The second kappa shape index (κ2) is 10.5. The maximum Gasteiger partial charge on any atom is 0.335 e. The molecule has 0 saturated carbocycles. The zero-order valence-corrected chi connectivity index (χ0v) is 22.0. The van der Waals surface area contributed by atoms with Crippen LogP contribution >= 0.6 is 0 Å². The summed E-state index contributed by atoms with van der Waals surface area (Å²) in [6, 6.07) is 26.6. The first-order valence-electron chi connectivity index (χ1n) is 13.0. The normalized spacial score (nSPS) is 11.8. The van der Waals surface area contributed by atoms with Crippen LogP contribution in [0.1, 0.15) is 55.2 Å². The SMILES string of the molecule is C[C@H](NC(=O)c1cc(-c2ccccc2)cn2ncc(C(=O)c3cnc4ccccc4c3)c12)c1ccc(C(=O)O)cc1. The van der Waals surface area contributed by atoms with Crippen LogP contribution in [0.25, 0.3) is 27.5 Å². The number of para-hydroxylation sites is 1. The quantitative estimate of drug-likeness (QED) is 0.241. The van der Waals surface area contributed by atoms with Crippen molar-refractivity contribution in [3.63, 3.8) is 0 Å². The molecule has 0 fully saturated rings. The molecular weight excluding hydrogens is 516 g/mol. The minimum Gasteiger partial charge on any atom is -0.478 e. The fourth-order valence-electron chi connectivity index (χ4n) is 4.87. The van der Waals surface area contributed by atoms with Gasteiger partial charge in [0.25, 0.3) is 5.91 Å². The van der Waals surface area contributed by atoms with E-state index in [9.17, 15) is 19.5 Å². The van der Waals surface area contributed by atoms with Crippen LogP contribution in [0.3, 0.4) is 0 Å². The first-order valence-corrected chi connectivity index (χ1v) is 13.0. The second-order valence-corrected chi connectivity index (χ2v) is 9.73. The first kappa shape index (κ1) is 25.6. The fraction of sp³-hybridized carbons (Fsp3) is 0.0606. The molecule has 0 aliphatic rings. The lowest BCUT2D eigenvalue weighted by Gasteiger charge is -2.16. The number of amides is 1. The molecule has 1 atom stereocenters. The Balaban J connectivity index is 1.42. The van der Waals surface area contributed by atoms with Gasteiger partial charge in [-0.05, 0) is 48.4 Å². The predicted octanol–water partition coefficient (Wildman–Crippen LogP) is 5.97. The average Bonchev–Trinajstić information content (AvgIpc) is 3.44. The molecule has 0 aliphatic heterocycles. The Labute approximate surface area is 234 Å². The van der Waals surface area contributed by atoms with Crippen molar-refractivity contribution in [3.05, 3.63) is 137 Å². The molecule has 0 unspecified atom stereocenters. The molecule has 3 aromatic carbocycles. The number of carboxylic acid groups (broad SMARTS) is 1. The molecule has 41 heavy (non-hydrogen) atoms. The van der Waals surface area contributed by atoms with Gasteiger partial charge in [-0.3, -0.25) is 14.6 Å². The third kappa shape index (κ3) is 4.94. The van der Waals surface area contributed by atoms with Crippen molar-refractivity contribution in [2.75, 3.05) is 0 Å². The zero-order valence-electron chi connectivity index (χ0n) is 22.0. The Morgan fingerprint density at radius 2 is 1.54 bits per heavy atom. The summed E-state index contributed by atoms with van der Waals surface area (Å²) < 4.78 is 1.56. The second-order valence-electron chi connectivity index (χ2n) is 9.73. The third-order valence-electron chi connectivity index (χ3n) is 7.07. The van der Waals surface area contributed by atoms with E-state index in [1.807, 2.05) is 61.5 Å². The molecule has 3 aromatic heterocycles. The van der Waals surface area contributed by atoms with E-state index < -0.39 is 17.9 Å². The highest BCUT2D eigenvalue weighted by Gasteiger charge is 2.23. The van der Waals surface area contributed by atoms with Gasteiger partial charge in [0.15, 0.2) is 5.78 Å². The lowest BCUT2D eigenvalue weighted by molar-refractivity contribution is 0.0696. The molecule has 6 aromatic rings. The number of carboxylic acids is 1. The summed E-state index contributed by atoms with van der Waals surface area (Å²) in [5.74, 6) is -1.71. The van der Waals surface area contributed by atoms with E-state index in [1.165, 1.54) is 24.5 Å². The lowest BCUT2D eigenvalue weighted by atomic mass is 9.99. The number of pyridine rings is 2. The number of rotatable bonds is 7. The van der Waals surface area contributed by atoms with Gasteiger partial charge >= 0.3 is 5.97 Å². The van der Waals surface area contributed by atoms with Crippen LogP contribution in [0.15, 0.2) is 110 Å². The van der Waals surface area contributed by atoms with Crippen LogP contribution in [0.4, 0.5) is 0 Å². The van der Waals surface area contributed by atoms with Gasteiger partial charge in [-0.1, -0.05) is 60.7 Å². The number of carbonyl (C=O) groups excluding carboxylic acids is 2. The van der Waals surface area contributed by atoms with E-state index >= 15 is 0 Å². The highest BCUT2D eigenvalue weighted by Crippen LogP contribution is 2.28. The third-order valence-corrected chi connectivity index (χ3v) is 7.07. The van der Waals surface area contributed by atoms with Crippen molar-refractivity contribution in [3.8, 4) is 11.1 Å². The number of aromatic carboxylic acids is 1. The molecular formula is C33H24N4O4. The van der Waals surface area contributed by atoms with Crippen LogP contribution in [0.5, 0.6) is 0 Å². The monoisotopic (exact) mass is 540 g/mol. The van der Waals surface area contributed by atoms with Crippen LogP contribution < -0.4 is 5.32 Å². The van der Waals surface area contributed by atoms with Crippen molar-refractivity contribution in [1.29, 1.82) is 0 Å². The summed E-state index contributed by atoms with van der Waals surface area (Å²) in [7, 11) is 0. The van der Waals surface area contributed by atoms with Crippen LogP contribution in [-0.4, -0.2) is 37.4 Å². The number of ketones is 1. The number of hydrogen-bond acceptors (Lipinski definition) is 5. The summed E-state index contributed by atoms with van der Waals surface area (Å²) in [5.41, 5.74) is 4.68. The Hall–Kier alpha value is -5.63. The van der Waals surface area contributed by atoms with Gasteiger partial charge in [-0.15, -0.1) is 0 Å². The minimum absolute atomic E-state index is 0.162. The van der Waals surface area contributed by atoms with Gasteiger partial charge in [0, 0.05) is 28.9 Å². The van der Waals surface area contributed by atoms with Gasteiger partial charge in [-0.2, -0.15) is 5.10 Å². The van der Waals surface area contributed by atoms with Gasteiger partial charge < -0.3 is 10.4 Å². The molecule has 0 saturated heterocycles. The summed E-state index contributed by atoms with van der Waals surface area (Å²) in [6.45, 7) is 1.81. The number of nitrogens with zero attached hydrogens (tertiary/aromatic N) is 3. The molecule has 1 amide bonds. The number of carbonyl (C=O) groups is 3. The summed E-state index contributed by atoms with van der Waals surface area (Å²) in [4.78, 5) is 43.2. The first-order chi connectivity index (χ1) is 19.9. The standard InChI is InChI=1S/C33H24N4O4/c1-20(21-11-13-23(14-12-21)33(40)41)36-32(39)27-16-26(22-7-3-2-4-8-22)19-37-30(27)28(18-35-37)31(38)25-15-24-9-5-6-10-29(24)34-17-25/h2-20H,1H3,(H,36,39)(H,40,41)/t20-/m0/s1. The molecule has 0 aliphatic carbocycles. The van der Waals surface area contributed by atoms with Crippen molar-refractivity contribution in [2.45, 2.75) is 13.0 Å². The Kier molecular flexibility index (Phi) is 6.57. The van der Waals surface area contributed by atoms with Gasteiger partial charge in [-0.25, -0.2) is 9.31 Å². The van der Waals surface area contributed by atoms with E-state index in [0.29, 0.717) is 11.1 Å². The molecule has 0 bridgehead atoms. The van der Waals surface area contributed by atoms with Crippen molar-refractivity contribution in [1.82, 2.24) is 19.9 Å². The molecule has 6 rings (SSSR count). The van der Waals surface area contributed by atoms with E-state index in [-0.39, 0.29) is 22.5 Å². The molecule has 3 heterocycles. The van der Waals surface area contributed by atoms with Gasteiger partial charge in [0.1, 0.15) is 0 Å². The summed E-state index contributed by atoms with van der Waals surface area (Å²) in [6.07, 6.45) is 4.81. The molecule has 200 valence electrons. The van der Waals surface area contributed by atoms with E-state index in [2.05, 4.69) is 15.4 Å². The highest BCUT2D eigenvalue weighted by atomic mass is 16.4. The van der Waals surface area contributed by atoms with Crippen LogP contribution in [0, 0.1) is 0 Å². The molecule has 8 heteroatoms. The Bertz CT molecular complexity index is 1950. The fourth-order valence-corrected chi connectivity index (χ4v) is 4.87. The number of hydrogen-bond donors (Lipinski definition) is 2. The summed E-state index contributed by atoms with van der Waals surface area (Å²) in [5, 5.41) is 17.5. The maximum atomic E-state index is 13.8. The van der Waals surface area contributed by atoms with E-state index in [0.717, 1.165) is 27.6 Å². The topological polar surface area (TPSA) is 114 Å². The maximum absolute atomic E-state index is 13.8. The molecule has 8 nitrogen and oxygen atoms in total. The zero-order chi connectivity index (χ0) is 28.5. The van der Waals surface area contributed by atoms with Crippen LogP contribution in [-0.2, 0) is 0 Å². The van der Waals surface area contributed by atoms with Crippen molar-refractivity contribution >= 4 is 34.1 Å².